The molecule has 0 saturated heterocycles. The lowest BCUT2D eigenvalue weighted by atomic mass is 10.1. The van der Waals surface area contributed by atoms with E-state index in [4.69, 9.17) is 0 Å². The van der Waals surface area contributed by atoms with E-state index in [1.54, 1.807) is 45.9 Å². The number of nitrogens with zero attached hydrogens (tertiary/aromatic N) is 2. The van der Waals surface area contributed by atoms with Gasteiger partial charge in [-0.1, -0.05) is 61.0 Å². The number of halogens is 3. The van der Waals surface area contributed by atoms with Crippen LogP contribution in [0.4, 0.5) is 18.9 Å². The summed E-state index contributed by atoms with van der Waals surface area (Å²) >= 11 is 0. The molecule has 0 saturated carbocycles. The van der Waals surface area contributed by atoms with E-state index in [1.807, 2.05) is 19.1 Å². The second-order valence-corrected chi connectivity index (χ2v) is 12.9. The molecule has 0 aliphatic heterocycles. The number of rotatable bonds is 10. The first-order chi connectivity index (χ1) is 19.5. The van der Waals surface area contributed by atoms with Crippen LogP contribution in [0.5, 0.6) is 0 Å². The van der Waals surface area contributed by atoms with E-state index < -0.39 is 51.7 Å². The molecule has 0 bridgehead atoms. The lowest BCUT2D eigenvalue weighted by Gasteiger charge is -2.35. The van der Waals surface area contributed by atoms with Crippen LogP contribution in [0.15, 0.2) is 83.8 Å². The number of nitrogens with one attached hydrogen (secondary N) is 1. The molecular weight excluding hydrogens is 567 g/mol. The molecule has 3 rings (SSSR count). The minimum absolute atomic E-state index is 0.0169. The molecule has 2 amide bonds. The Balaban J connectivity index is 2.11. The standard InChI is InChI=1S/C31H36F3N3O4S/c1-6-27(29(39)35-30(3,4)5)36(20-23-17-15-22(2)16-18-23)28(38)21-37(42(40,41)26-13-8-7-9-14-26)25-12-10-11-24(19-25)31(32,33)34/h7-19,27H,6,20-21H2,1-5H3,(H,35,39)/t27-/m0/s1. The van der Waals surface area contributed by atoms with E-state index >= 15 is 0 Å². The molecular formula is C31H36F3N3O4S. The molecule has 1 N–H and O–H groups in total. The van der Waals surface area contributed by atoms with Crippen LogP contribution in [0.3, 0.4) is 0 Å². The van der Waals surface area contributed by atoms with Gasteiger partial charge in [-0.05, 0) is 70.0 Å². The quantitative estimate of drug-likeness (QED) is 0.311. The summed E-state index contributed by atoms with van der Waals surface area (Å²) in [5, 5.41) is 2.88. The maximum Gasteiger partial charge on any atom is 0.416 e. The van der Waals surface area contributed by atoms with Crippen LogP contribution in [-0.2, 0) is 32.3 Å². The predicted octanol–water partition coefficient (Wildman–Crippen LogP) is 5.93. The zero-order chi connectivity index (χ0) is 31.3. The zero-order valence-corrected chi connectivity index (χ0v) is 25.1. The van der Waals surface area contributed by atoms with Gasteiger partial charge in [0.05, 0.1) is 16.1 Å². The highest BCUT2D eigenvalue weighted by atomic mass is 32.2. The Labute approximate surface area is 245 Å². The molecule has 0 spiro atoms. The van der Waals surface area contributed by atoms with Crippen LogP contribution in [0.2, 0.25) is 0 Å². The Kier molecular flexibility index (Phi) is 10.1. The molecule has 0 aromatic heterocycles. The maximum atomic E-state index is 14.0. The van der Waals surface area contributed by atoms with Gasteiger partial charge in [-0.3, -0.25) is 13.9 Å². The van der Waals surface area contributed by atoms with Crippen LogP contribution in [0.1, 0.15) is 50.8 Å². The molecule has 42 heavy (non-hydrogen) atoms. The van der Waals surface area contributed by atoms with Gasteiger partial charge in [0, 0.05) is 12.1 Å². The number of aryl methyl sites for hydroxylation is 1. The highest BCUT2D eigenvalue weighted by molar-refractivity contribution is 7.92. The first-order valence-electron chi connectivity index (χ1n) is 13.4. The van der Waals surface area contributed by atoms with Gasteiger partial charge in [0.25, 0.3) is 10.0 Å². The molecule has 226 valence electrons. The van der Waals surface area contributed by atoms with Crippen molar-refractivity contribution >= 4 is 27.5 Å². The summed E-state index contributed by atoms with van der Waals surface area (Å²) in [6.45, 7) is 8.18. The third kappa shape index (κ3) is 8.34. The third-order valence-electron chi connectivity index (χ3n) is 6.43. The fourth-order valence-corrected chi connectivity index (χ4v) is 5.78. The predicted molar refractivity (Wildman–Crippen MR) is 156 cm³/mol. The molecule has 1 atom stereocenters. The van der Waals surface area contributed by atoms with Gasteiger partial charge in [0.15, 0.2) is 0 Å². The topological polar surface area (TPSA) is 86.8 Å². The van der Waals surface area contributed by atoms with E-state index in [0.29, 0.717) is 15.9 Å². The van der Waals surface area contributed by atoms with Gasteiger partial charge in [-0.2, -0.15) is 13.2 Å². The summed E-state index contributed by atoms with van der Waals surface area (Å²) in [5.74, 6) is -1.18. The summed E-state index contributed by atoms with van der Waals surface area (Å²) < 4.78 is 69.1. The van der Waals surface area contributed by atoms with Crippen molar-refractivity contribution in [3.05, 3.63) is 95.6 Å². The average molecular weight is 604 g/mol. The number of carbonyl (C=O) groups is 2. The van der Waals surface area contributed by atoms with Crippen molar-refractivity contribution in [3.8, 4) is 0 Å². The molecule has 11 heteroatoms. The van der Waals surface area contributed by atoms with Gasteiger partial charge in [-0.15, -0.1) is 0 Å². The number of hydrogen-bond acceptors (Lipinski definition) is 4. The van der Waals surface area contributed by atoms with Crippen LogP contribution in [0.25, 0.3) is 0 Å². The van der Waals surface area contributed by atoms with Crippen molar-refractivity contribution < 1.29 is 31.2 Å². The van der Waals surface area contributed by atoms with E-state index in [9.17, 15) is 31.2 Å². The Morgan fingerprint density at radius 3 is 2.07 bits per heavy atom. The molecule has 0 radical (unpaired) electrons. The summed E-state index contributed by atoms with van der Waals surface area (Å²) in [6, 6.07) is 17.3. The summed E-state index contributed by atoms with van der Waals surface area (Å²) in [6.07, 6.45) is -4.52. The number of amides is 2. The van der Waals surface area contributed by atoms with Gasteiger partial charge in [-0.25, -0.2) is 8.42 Å². The van der Waals surface area contributed by atoms with E-state index in [-0.39, 0.29) is 23.5 Å². The van der Waals surface area contributed by atoms with Crippen molar-refractivity contribution in [2.24, 2.45) is 0 Å². The number of alkyl halides is 3. The lowest BCUT2D eigenvalue weighted by molar-refractivity contribution is -0.141. The van der Waals surface area contributed by atoms with Crippen molar-refractivity contribution in [1.29, 1.82) is 0 Å². The average Bonchev–Trinajstić information content (AvgIpc) is 2.91. The molecule has 0 aliphatic rings. The summed E-state index contributed by atoms with van der Waals surface area (Å²) in [4.78, 5) is 28.5. The fraction of sp³-hybridized carbons (Fsp3) is 0.355. The van der Waals surface area contributed by atoms with Gasteiger partial charge >= 0.3 is 6.18 Å². The second kappa shape index (κ2) is 13.0. The van der Waals surface area contributed by atoms with Crippen LogP contribution >= 0.6 is 0 Å². The first kappa shape index (κ1) is 32.7. The van der Waals surface area contributed by atoms with E-state index in [2.05, 4.69) is 5.32 Å². The minimum Gasteiger partial charge on any atom is -0.350 e. The monoisotopic (exact) mass is 603 g/mol. The SMILES string of the molecule is CC[C@@H](C(=O)NC(C)(C)C)N(Cc1ccc(C)cc1)C(=O)CN(c1cccc(C(F)(F)F)c1)S(=O)(=O)c1ccccc1. The highest BCUT2D eigenvalue weighted by Gasteiger charge is 2.36. The van der Waals surface area contributed by atoms with Crippen molar-refractivity contribution in [3.63, 3.8) is 0 Å². The number of hydrogen-bond donors (Lipinski definition) is 1. The van der Waals surface area contributed by atoms with Crippen molar-refractivity contribution in [1.82, 2.24) is 10.2 Å². The van der Waals surface area contributed by atoms with E-state index in [1.165, 1.54) is 35.2 Å². The van der Waals surface area contributed by atoms with Gasteiger partial charge < -0.3 is 10.2 Å². The lowest BCUT2D eigenvalue weighted by Crippen LogP contribution is -2.55. The number of sulfonamides is 1. The van der Waals surface area contributed by atoms with Crippen molar-refractivity contribution in [2.45, 2.75) is 70.2 Å². The fourth-order valence-electron chi connectivity index (χ4n) is 4.35. The smallest absolute Gasteiger partial charge is 0.350 e. The second-order valence-electron chi connectivity index (χ2n) is 11.0. The molecule has 3 aromatic carbocycles. The molecule has 0 unspecified atom stereocenters. The van der Waals surface area contributed by atoms with E-state index in [0.717, 1.165) is 17.7 Å². The third-order valence-corrected chi connectivity index (χ3v) is 8.22. The Morgan fingerprint density at radius 1 is 0.905 bits per heavy atom. The number of benzene rings is 3. The molecule has 0 heterocycles. The van der Waals surface area contributed by atoms with Gasteiger partial charge in [0.2, 0.25) is 11.8 Å². The molecule has 3 aromatic rings. The first-order valence-corrected chi connectivity index (χ1v) is 14.9. The van der Waals surface area contributed by atoms with Crippen LogP contribution in [-0.4, -0.2) is 43.3 Å². The van der Waals surface area contributed by atoms with Crippen LogP contribution in [0, 0.1) is 6.92 Å². The summed E-state index contributed by atoms with van der Waals surface area (Å²) in [5.41, 5.74) is -0.312. The minimum atomic E-state index is -4.74. The molecule has 7 nitrogen and oxygen atoms in total. The van der Waals surface area contributed by atoms with Crippen LogP contribution < -0.4 is 9.62 Å². The van der Waals surface area contributed by atoms with Crippen molar-refractivity contribution in [2.75, 3.05) is 10.8 Å². The maximum absolute atomic E-state index is 14.0. The molecule has 0 aliphatic carbocycles. The Bertz CT molecular complexity index is 1490. The Hall–Kier alpha value is -3.86. The number of anilines is 1. The highest BCUT2D eigenvalue weighted by Crippen LogP contribution is 2.33. The number of carbonyl (C=O) groups excluding carboxylic acids is 2. The zero-order valence-electron chi connectivity index (χ0n) is 24.3. The normalized spacial score (nSPS) is 12.9. The Morgan fingerprint density at radius 2 is 1.52 bits per heavy atom. The largest absolute Gasteiger partial charge is 0.416 e. The summed E-state index contributed by atoms with van der Waals surface area (Å²) in [7, 11) is -4.49. The molecule has 0 fully saturated rings. The van der Waals surface area contributed by atoms with Gasteiger partial charge in [0.1, 0.15) is 12.6 Å².